The van der Waals surface area contributed by atoms with E-state index in [-0.39, 0.29) is 6.04 Å². The second kappa shape index (κ2) is 4.89. The largest absolute Gasteiger partial charge is 0.464 e. The van der Waals surface area contributed by atoms with Crippen molar-refractivity contribution < 1.29 is 4.42 Å². The van der Waals surface area contributed by atoms with Gasteiger partial charge in [-0.25, -0.2) is 0 Å². The van der Waals surface area contributed by atoms with Crippen LogP contribution in [-0.4, -0.2) is 0 Å². The highest BCUT2D eigenvalue weighted by Crippen LogP contribution is 2.33. The van der Waals surface area contributed by atoms with Gasteiger partial charge in [0, 0.05) is 21.0 Å². The predicted molar refractivity (Wildman–Crippen MR) is 78.7 cm³/mol. The van der Waals surface area contributed by atoms with E-state index in [4.69, 9.17) is 33.4 Å². The predicted octanol–water partition coefficient (Wildman–Crippen LogP) is 4.79. The molecule has 0 saturated carbocycles. The lowest BCUT2D eigenvalue weighted by molar-refractivity contribution is 0.607. The van der Waals surface area contributed by atoms with Crippen molar-refractivity contribution in [3.63, 3.8) is 0 Å². The first-order valence-corrected chi connectivity index (χ1v) is 6.59. The van der Waals surface area contributed by atoms with Gasteiger partial charge >= 0.3 is 0 Å². The summed E-state index contributed by atoms with van der Waals surface area (Å²) in [7, 11) is 0. The third-order valence-corrected chi connectivity index (χ3v) is 3.72. The van der Waals surface area contributed by atoms with E-state index in [0.29, 0.717) is 10.0 Å². The molecule has 0 radical (unpaired) electrons. The van der Waals surface area contributed by atoms with Crippen LogP contribution in [0.15, 0.2) is 53.1 Å². The lowest BCUT2D eigenvalue weighted by atomic mass is 9.99. The minimum absolute atomic E-state index is 0.366. The van der Waals surface area contributed by atoms with E-state index in [9.17, 15) is 0 Å². The summed E-state index contributed by atoms with van der Waals surface area (Å²) in [4.78, 5) is 0. The number of hydrogen-bond donors (Lipinski definition) is 1. The lowest BCUT2D eigenvalue weighted by Crippen LogP contribution is -2.11. The average Bonchev–Trinajstić information content (AvgIpc) is 2.84. The van der Waals surface area contributed by atoms with Gasteiger partial charge in [0.2, 0.25) is 0 Å². The molecular weight excluding hydrogens is 281 g/mol. The Morgan fingerprint density at radius 3 is 2.63 bits per heavy atom. The minimum Gasteiger partial charge on any atom is -0.464 e. The third kappa shape index (κ3) is 2.23. The van der Waals surface area contributed by atoms with E-state index in [0.717, 1.165) is 22.1 Å². The molecule has 0 spiro atoms. The van der Waals surface area contributed by atoms with Crippen molar-refractivity contribution in [1.29, 1.82) is 0 Å². The summed E-state index contributed by atoms with van der Waals surface area (Å²) in [5, 5.41) is 2.20. The topological polar surface area (TPSA) is 39.2 Å². The SMILES string of the molecule is NC(c1cc(Cl)ccc1Cl)c1coc2ccccc12. The molecule has 2 aromatic carbocycles. The summed E-state index contributed by atoms with van der Waals surface area (Å²) >= 11 is 12.2. The van der Waals surface area contributed by atoms with Gasteiger partial charge in [-0.05, 0) is 29.8 Å². The van der Waals surface area contributed by atoms with Gasteiger partial charge in [0.25, 0.3) is 0 Å². The number of hydrogen-bond acceptors (Lipinski definition) is 2. The molecule has 2 nitrogen and oxygen atoms in total. The Morgan fingerprint density at radius 1 is 1.00 bits per heavy atom. The molecule has 3 aromatic rings. The molecule has 1 atom stereocenters. The molecule has 96 valence electrons. The van der Waals surface area contributed by atoms with Gasteiger partial charge in [0.15, 0.2) is 0 Å². The first kappa shape index (κ1) is 12.5. The molecule has 0 aliphatic carbocycles. The molecule has 0 fully saturated rings. The summed E-state index contributed by atoms with van der Waals surface area (Å²) < 4.78 is 5.51. The van der Waals surface area contributed by atoms with Crippen LogP contribution in [0.5, 0.6) is 0 Å². The quantitative estimate of drug-likeness (QED) is 0.737. The fourth-order valence-electron chi connectivity index (χ4n) is 2.16. The Morgan fingerprint density at radius 2 is 1.79 bits per heavy atom. The molecule has 0 bridgehead atoms. The van der Waals surface area contributed by atoms with Crippen LogP contribution >= 0.6 is 23.2 Å². The zero-order valence-corrected chi connectivity index (χ0v) is 11.4. The number of halogens is 2. The van der Waals surface area contributed by atoms with Crippen molar-refractivity contribution in [3.05, 3.63) is 69.9 Å². The maximum Gasteiger partial charge on any atom is 0.134 e. The van der Waals surface area contributed by atoms with Crippen LogP contribution in [0.25, 0.3) is 11.0 Å². The van der Waals surface area contributed by atoms with Gasteiger partial charge in [-0.2, -0.15) is 0 Å². The summed E-state index contributed by atoms with van der Waals surface area (Å²) in [6, 6.07) is 12.7. The van der Waals surface area contributed by atoms with Crippen LogP contribution < -0.4 is 5.73 Å². The molecular formula is C15H11Cl2NO. The van der Waals surface area contributed by atoms with Crippen molar-refractivity contribution in [2.45, 2.75) is 6.04 Å². The van der Waals surface area contributed by atoms with E-state index in [1.54, 1.807) is 24.5 Å². The van der Waals surface area contributed by atoms with Crippen LogP contribution in [0.2, 0.25) is 10.0 Å². The highest BCUT2D eigenvalue weighted by Gasteiger charge is 2.17. The van der Waals surface area contributed by atoms with Crippen molar-refractivity contribution in [1.82, 2.24) is 0 Å². The van der Waals surface area contributed by atoms with Gasteiger partial charge in [-0.15, -0.1) is 0 Å². The van der Waals surface area contributed by atoms with Crippen LogP contribution in [0.1, 0.15) is 17.2 Å². The second-order valence-corrected chi connectivity index (χ2v) is 5.17. The zero-order chi connectivity index (χ0) is 13.4. The van der Waals surface area contributed by atoms with Gasteiger partial charge in [-0.3, -0.25) is 0 Å². The molecule has 0 saturated heterocycles. The Kier molecular flexibility index (Phi) is 3.23. The van der Waals surface area contributed by atoms with E-state index >= 15 is 0 Å². The first-order chi connectivity index (χ1) is 9.16. The number of rotatable bonds is 2. The highest BCUT2D eigenvalue weighted by molar-refractivity contribution is 6.33. The Balaban J connectivity index is 2.13. The molecule has 1 heterocycles. The number of para-hydroxylation sites is 1. The maximum absolute atomic E-state index is 6.29. The Hall–Kier alpha value is -1.48. The molecule has 1 unspecified atom stereocenters. The molecule has 19 heavy (non-hydrogen) atoms. The van der Waals surface area contributed by atoms with E-state index in [1.807, 2.05) is 24.3 Å². The second-order valence-electron chi connectivity index (χ2n) is 4.33. The molecule has 1 aromatic heterocycles. The van der Waals surface area contributed by atoms with Crippen LogP contribution in [-0.2, 0) is 0 Å². The number of fused-ring (bicyclic) bond motifs is 1. The van der Waals surface area contributed by atoms with Crippen molar-refractivity contribution >= 4 is 34.2 Å². The Bertz CT molecular complexity index is 736. The van der Waals surface area contributed by atoms with Crippen molar-refractivity contribution in [2.75, 3.05) is 0 Å². The standard InChI is InChI=1S/C15H11Cl2NO/c16-9-5-6-13(17)11(7-9)15(18)12-8-19-14-4-2-1-3-10(12)14/h1-8,15H,18H2. The molecule has 3 rings (SSSR count). The fourth-order valence-corrected chi connectivity index (χ4v) is 2.58. The van der Waals surface area contributed by atoms with Gasteiger partial charge in [0.1, 0.15) is 5.58 Å². The van der Waals surface area contributed by atoms with Crippen molar-refractivity contribution in [2.24, 2.45) is 5.73 Å². The number of nitrogens with two attached hydrogens (primary N) is 1. The van der Waals surface area contributed by atoms with Crippen LogP contribution in [0.4, 0.5) is 0 Å². The molecule has 0 aliphatic rings. The van der Waals surface area contributed by atoms with Crippen LogP contribution in [0.3, 0.4) is 0 Å². The number of benzene rings is 2. The van der Waals surface area contributed by atoms with E-state index < -0.39 is 0 Å². The number of furan rings is 1. The first-order valence-electron chi connectivity index (χ1n) is 5.83. The summed E-state index contributed by atoms with van der Waals surface area (Å²) in [5.74, 6) is 0. The Labute approximate surface area is 120 Å². The monoisotopic (exact) mass is 291 g/mol. The summed E-state index contributed by atoms with van der Waals surface area (Å²) in [5.41, 5.74) is 8.80. The van der Waals surface area contributed by atoms with Gasteiger partial charge < -0.3 is 10.2 Å². The molecule has 2 N–H and O–H groups in total. The fraction of sp³-hybridized carbons (Fsp3) is 0.0667. The zero-order valence-electron chi connectivity index (χ0n) is 9.94. The summed E-state index contributed by atoms with van der Waals surface area (Å²) in [6.45, 7) is 0. The third-order valence-electron chi connectivity index (χ3n) is 3.14. The van der Waals surface area contributed by atoms with Crippen molar-refractivity contribution in [3.8, 4) is 0 Å². The molecule has 4 heteroatoms. The summed E-state index contributed by atoms with van der Waals surface area (Å²) in [6.07, 6.45) is 1.67. The minimum atomic E-state index is -0.366. The van der Waals surface area contributed by atoms with E-state index in [1.165, 1.54) is 0 Å². The highest BCUT2D eigenvalue weighted by atomic mass is 35.5. The lowest BCUT2D eigenvalue weighted by Gasteiger charge is -2.13. The van der Waals surface area contributed by atoms with E-state index in [2.05, 4.69) is 0 Å². The maximum atomic E-state index is 6.29. The van der Waals surface area contributed by atoms with Crippen LogP contribution in [0, 0.1) is 0 Å². The normalized spacial score (nSPS) is 12.8. The van der Waals surface area contributed by atoms with Gasteiger partial charge in [-0.1, -0.05) is 41.4 Å². The smallest absolute Gasteiger partial charge is 0.134 e. The average molecular weight is 292 g/mol. The van der Waals surface area contributed by atoms with Gasteiger partial charge in [0.05, 0.1) is 12.3 Å². The molecule has 0 aliphatic heterocycles. The molecule has 0 amide bonds.